The van der Waals surface area contributed by atoms with Crippen LogP contribution in [-0.4, -0.2) is 9.78 Å². The molecule has 2 rings (SSSR count). The van der Waals surface area contributed by atoms with Gasteiger partial charge in [-0.3, -0.25) is 4.68 Å². The summed E-state index contributed by atoms with van der Waals surface area (Å²) in [6.07, 6.45) is 3.89. The average Bonchev–Trinajstić information content (AvgIpc) is 2.73. The van der Waals surface area contributed by atoms with Crippen LogP contribution in [0.4, 0.5) is 5.69 Å². The summed E-state index contributed by atoms with van der Waals surface area (Å²) in [6, 6.07) is 5.78. The predicted molar refractivity (Wildman–Crippen MR) is 76.4 cm³/mol. The molecule has 1 heterocycles. The standard InChI is InChI=1S/C13H15Cl2N3/c1-9(2)18-8-10(7-17-18)6-16-13-4-11(14)3-12(15)5-13/h3-5,7-9,16H,6H2,1-2H3. The van der Waals surface area contributed by atoms with Gasteiger partial charge >= 0.3 is 0 Å². The lowest BCUT2D eigenvalue weighted by atomic mass is 10.3. The van der Waals surface area contributed by atoms with E-state index in [1.54, 1.807) is 6.07 Å². The van der Waals surface area contributed by atoms with Crippen molar-refractivity contribution in [2.75, 3.05) is 5.32 Å². The maximum atomic E-state index is 5.94. The van der Waals surface area contributed by atoms with Crippen molar-refractivity contribution in [2.24, 2.45) is 0 Å². The number of hydrogen-bond acceptors (Lipinski definition) is 2. The molecular weight excluding hydrogens is 269 g/mol. The van der Waals surface area contributed by atoms with Crippen molar-refractivity contribution in [3.8, 4) is 0 Å². The Bertz CT molecular complexity index is 515. The average molecular weight is 284 g/mol. The van der Waals surface area contributed by atoms with Crippen LogP contribution in [0.2, 0.25) is 10.0 Å². The Morgan fingerprint density at radius 2 is 1.89 bits per heavy atom. The molecule has 3 nitrogen and oxygen atoms in total. The van der Waals surface area contributed by atoms with Gasteiger partial charge < -0.3 is 5.32 Å². The van der Waals surface area contributed by atoms with Crippen molar-refractivity contribution >= 4 is 28.9 Å². The summed E-state index contributed by atoms with van der Waals surface area (Å²) < 4.78 is 1.93. The van der Waals surface area contributed by atoms with Gasteiger partial charge in [-0.05, 0) is 32.0 Å². The second-order valence-electron chi connectivity index (χ2n) is 4.43. The van der Waals surface area contributed by atoms with Crippen molar-refractivity contribution in [2.45, 2.75) is 26.4 Å². The summed E-state index contributed by atoms with van der Waals surface area (Å²) in [5, 5.41) is 8.82. The summed E-state index contributed by atoms with van der Waals surface area (Å²) in [7, 11) is 0. The minimum absolute atomic E-state index is 0.374. The Hall–Kier alpha value is -1.19. The third-order valence-electron chi connectivity index (χ3n) is 2.54. The third kappa shape index (κ3) is 3.40. The van der Waals surface area contributed by atoms with Crippen molar-refractivity contribution in [3.05, 3.63) is 46.2 Å². The first-order valence-corrected chi connectivity index (χ1v) is 6.53. The molecule has 0 spiro atoms. The van der Waals surface area contributed by atoms with Gasteiger partial charge in [-0.2, -0.15) is 5.10 Å². The van der Waals surface area contributed by atoms with Crippen molar-refractivity contribution in [3.63, 3.8) is 0 Å². The number of halogens is 2. The second-order valence-corrected chi connectivity index (χ2v) is 5.31. The molecule has 1 N–H and O–H groups in total. The van der Waals surface area contributed by atoms with E-state index in [-0.39, 0.29) is 0 Å². The fourth-order valence-corrected chi connectivity index (χ4v) is 2.14. The molecule has 0 radical (unpaired) electrons. The molecule has 0 unspecified atom stereocenters. The first-order chi connectivity index (χ1) is 8.54. The van der Waals surface area contributed by atoms with Crippen LogP contribution >= 0.6 is 23.2 Å². The van der Waals surface area contributed by atoms with E-state index in [1.807, 2.05) is 29.2 Å². The lowest BCUT2D eigenvalue weighted by Gasteiger charge is -2.06. The van der Waals surface area contributed by atoms with Gasteiger partial charge in [0.25, 0.3) is 0 Å². The highest BCUT2D eigenvalue weighted by molar-refractivity contribution is 6.35. The molecule has 1 aromatic carbocycles. The van der Waals surface area contributed by atoms with Crippen molar-refractivity contribution in [1.82, 2.24) is 9.78 Å². The fourth-order valence-electron chi connectivity index (χ4n) is 1.61. The topological polar surface area (TPSA) is 29.9 Å². The molecule has 0 amide bonds. The Morgan fingerprint density at radius 1 is 1.22 bits per heavy atom. The van der Waals surface area contributed by atoms with E-state index in [4.69, 9.17) is 23.2 Å². The molecule has 96 valence electrons. The second kappa shape index (κ2) is 5.63. The SMILES string of the molecule is CC(C)n1cc(CNc2cc(Cl)cc(Cl)c2)cn1. The number of nitrogens with zero attached hydrogens (tertiary/aromatic N) is 2. The van der Waals surface area contributed by atoms with Gasteiger partial charge in [0.15, 0.2) is 0 Å². The van der Waals surface area contributed by atoms with Gasteiger partial charge in [0.05, 0.1) is 6.20 Å². The number of hydrogen-bond donors (Lipinski definition) is 1. The quantitative estimate of drug-likeness (QED) is 0.902. The van der Waals surface area contributed by atoms with Gasteiger partial charge in [-0.25, -0.2) is 0 Å². The molecule has 0 fully saturated rings. The van der Waals surface area contributed by atoms with Crippen LogP contribution < -0.4 is 5.32 Å². The van der Waals surface area contributed by atoms with Crippen LogP contribution in [0, 0.1) is 0 Å². The van der Waals surface area contributed by atoms with Crippen LogP contribution in [0.25, 0.3) is 0 Å². The molecule has 0 aliphatic rings. The maximum Gasteiger partial charge on any atom is 0.0539 e. The lowest BCUT2D eigenvalue weighted by molar-refractivity contribution is 0.532. The zero-order valence-corrected chi connectivity index (χ0v) is 11.8. The summed E-state index contributed by atoms with van der Waals surface area (Å²) in [5.74, 6) is 0. The highest BCUT2D eigenvalue weighted by Crippen LogP contribution is 2.22. The molecule has 0 atom stereocenters. The monoisotopic (exact) mass is 283 g/mol. The third-order valence-corrected chi connectivity index (χ3v) is 2.98. The van der Waals surface area contributed by atoms with Gasteiger partial charge in [0, 0.05) is 40.1 Å². The number of benzene rings is 1. The van der Waals surface area contributed by atoms with E-state index in [0.29, 0.717) is 22.6 Å². The Balaban J connectivity index is 2.02. The maximum absolute atomic E-state index is 5.94. The highest BCUT2D eigenvalue weighted by Gasteiger charge is 2.02. The van der Waals surface area contributed by atoms with Gasteiger partial charge in [0.1, 0.15) is 0 Å². The zero-order valence-electron chi connectivity index (χ0n) is 10.3. The minimum atomic E-state index is 0.374. The predicted octanol–water partition coefficient (Wildman–Crippen LogP) is 4.38. The van der Waals surface area contributed by atoms with Crippen LogP contribution in [0.5, 0.6) is 0 Å². The molecule has 0 aliphatic heterocycles. The largest absolute Gasteiger partial charge is 0.381 e. The first kappa shape index (κ1) is 13.2. The van der Waals surface area contributed by atoms with Crippen LogP contribution in [-0.2, 0) is 6.54 Å². The van der Waals surface area contributed by atoms with Gasteiger partial charge in [-0.15, -0.1) is 0 Å². The molecular formula is C13H15Cl2N3. The fraction of sp³-hybridized carbons (Fsp3) is 0.308. The Kier molecular flexibility index (Phi) is 4.15. The lowest BCUT2D eigenvalue weighted by Crippen LogP contribution is -2.01. The number of anilines is 1. The van der Waals surface area contributed by atoms with E-state index in [0.717, 1.165) is 11.3 Å². The highest BCUT2D eigenvalue weighted by atomic mass is 35.5. The van der Waals surface area contributed by atoms with Crippen molar-refractivity contribution < 1.29 is 0 Å². The van der Waals surface area contributed by atoms with Crippen LogP contribution in [0.1, 0.15) is 25.5 Å². The summed E-state index contributed by atoms with van der Waals surface area (Å²) in [5.41, 5.74) is 2.03. The minimum Gasteiger partial charge on any atom is -0.381 e. The van der Waals surface area contributed by atoms with Crippen molar-refractivity contribution in [1.29, 1.82) is 0 Å². The molecule has 0 saturated carbocycles. The summed E-state index contributed by atoms with van der Waals surface area (Å²) in [6.45, 7) is 4.89. The Morgan fingerprint density at radius 3 is 2.44 bits per heavy atom. The van der Waals surface area contributed by atoms with E-state index in [2.05, 4.69) is 24.3 Å². The Labute approximate surface area is 117 Å². The molecule has 0 saturated heterocycles. The van der Waals surface area contributed by atoms with Gasteiger partial charge in [0.2, 0.25) is 0 Å². The smallest absolute Gasteiger partial charge is 0.0539 e. The molecule has 2 aromatic rings. The molecule has 0 aliphatic carbocycles. The number of rotatable bonds is 4. The van der Waals surface area contributed by atoms with E-state index in [9.17, 15) is 0 Å². The van der Waals surface area contributed by atoms with E-state index in [1.165, 1.54) is 0 Å². The van der Waals surface area contributed by atoms with Crippen LogP contribution in [0.15, 0.2) is 30.6 Å². The molecule has 1 aromatic heterocycles. The zero-order chi connectivity index (χ0) is 13.1. The normalized spacial score (nSPS) is 10.9. The van der Waals surface area contributed by atoms with E-state index >= 15 is 0 Å². The molecule has 5 heteroatoms. The van der Waals surface area contributed by atoms with E-state index < -0.39 is 0 Å². The summed E-state index contributed by atoms with van der Waals surface area (Å²) >= 11 is 11.9. The summed E-state index contributed by atoms with van der Waals surface area (Å²) in [4.78, 5) is 0. The molecule has 0 bridgehead atoms. The number of aromatic nitrogens is 2. The number of nitrogens with one attached hydrogen (secondary N) is 1. The van der Waals surface area contributed by atoms with Gasteiger partial charge in [-0.1, -0.05) is 23.2 Å². The molecule has 18 heavy (non-hydrogen) atoms. The van der Waals surface area contributed by atoms with Crippen LogP contribution in [0.3, 0.4) is 0 Å². The first-order valence-electron chi connectivity index (χ1n) is 5.77.